The maximum absolute atomic E-state index is 12.4. The lowest BCUT2D eigenvalue weighted by Crippen LogP contribution is -2.25. The first-order valence-electron chi connectivity index (χ1n) is 12.2. The van der Waals surface area contributed by atoms with Crippen molar-refractivity contribution in [1.29, 1.82) is 0 Å². The predicted molar refractivity (Wildman–Crippen MR) is 145 cm³/mol. The molecule has 36 heavy (non-hydrogen) atoms. The largest absolute Gasteiger partial charge is 0.483 e. The molecule has 1 atom stereocenters. The molecule has 0 bridgehead atoms. The molecule has 2 aromatic heterocycles. The first-order valence-corrected chi connectivity index (χ1v) is 13.0. The quantitative estimate of drug-likeness (QED) is 0.329. The zero-order chi connectivity index (χ0) is 26.5. The molecule has 0 spiro atoms. The average molecular weight is 509 g/mol. The lowest BCUT2D eigenvalue weighted by molar-refractivity contribution is -0.136. The summed E-state index contributed by atoms with van der Waals surface area (Å²) in [6.07, 6.45) is 2.15. The number of carbonyl (C=O) groups excluding carboxylic acids is 1. The molecule has 0 aliphatic heterocycles. The molecule has 0 unspecified atom stereocenters. The lowest BCUT2D eigenvalue weighted by atomic mass is 9.86. The van der Waals surface area contributed by atoms with E-state index in [1.54, 1.807) is 12.3 Å². The van der Waals surface area contributed by atoms with E-state index in [0.29, 0.717) is 10.6 Å². The zero-order valence-corrected chi connectivity index (χ0v) is 22.7. The Morgan fingerprint density at radius 2 is 1.69 bits per heavy atom. The SMILES string of the molecule is CC(C)(C)C[C@@H](Oc1ccc(-c2ccc(C(C)(C)C)cc2)nc1)c1ccc(C(=O)NCCC(=O)O)s1. The maximum Gasteiger partial charge on any atom is 0.305 e. The fourth-order valence-electron chi connectivity index (χ4n) is 3.70. The lowest BCUT2D eigenvalue weighted by Gasteiger charge is -2.26. The number of aromatic nitrogens is 1. The Bertz CT molecular complexity index is 1170. The Hall–Kier alpha value is -3.19. The molecule has 0 saturated carbocycles. The number of carbonyl (C=O) groups is 2. The van der Waals surface area contributed by atoms with Gasteiger partial charge in [0.1, 0.15) is 11.9 Å². The number of nitrogens with zero attached hydrogens (tertiary/aromatic N) is 1. The summed E-state index contributed by atoms with van der Waals surface area (Å²) >= 11 is 1.37. The molecule has 0 fully saturated rings. The molecule has 192 valence electrons. The number of thiophene rings is 1. The van der Waals surface area contributed by atoms with E-state index in [9.17, 15) is 9.59 Å². The standard InChI is InChI=1S/C29H36N2O4S/c1-28(2,3)17-23(24-13-14-25(36-24)27(34)30-16-15-26(32)33)35-21-11-12-22(31-18-21)19-7-9-20(10-8-19)29(4,5)6/h7-14,18,23H,15-17H2,1-6H3,(H,30,34)(H,32,33)/t23-/m1/s1. The third-order valence-electron chi connectivity index (χ3n) is 5.65. The Morgan fingerprint density at radius 1 is 1.00 bits per heavy atom. The average Bonchev–Trinajstić information content (AvgIpc) is 3.28. The number of carboxylic acids is 1. The van der Waals surface area contributed by atoms with Gasteiger partial charge in [0.15, 0.2) is 0 Å². The Labute approximate surface area is 217 Å². The van der Waals surface area contributed by atoms with Crippen molar-refractivity contribution in [3.63, 3.8) is 0 Å². The van der Waals surface area contributed by atoms with Crippen molar-refractivity contribution < 1.29 is 19.4 Å². The number of amides is 1. The van der Waals surface area contributed by atoms with Crippen molar-refractivity contribution in [2.75, 3.05) is 6.54 Å². The monoisotopic (exact) mass is 508 g/mol. The van der Waals surface area contributed by atoms with E-state index >= 15 is 0 Å². The second-order valence-electron chi connectivity index (χ2n) is 11.2. The van der Waals surface area contributed by atoms with Crippen molar-refractivity contribution >= 4 is 23.2 Å². The molecule has 1 aromatic carbocycles. The first-order chi connectivity index (χ1) is 16.8. The third-order valence-corrected chi connectivity index (χ3v) is 6.83. The van der Waals surface area contributed by atoms with Gasteiger partial charge < -0.3 is 15.2 Å². The van der Waals surface area contributed by atoms with Gasteiger partial charge in [-0.2, -0.15) is 0 Å². The van der Waals surface area contributed by atoms with Crippen LogP contribution < -0.4 is 10.1 Å². The molecule has 0 saturated heterocycles. The molecule has 7 heteroatoms. The normalized spacial score (nSPS) is 12.7. The second-order valence-corrected chi connectivity index (χ2v) is 12.3. The van der Waals surface area contributed by atoms with E-state index in [2.05, 4.69) is 76.1 Å². The van der Waals surface area contributed by atoms with Crippen LogP contribution in [0.15, 0.2) is 54.7 Å². The van der Waals surface area contributed by atoms with Crippen LogP contribution in [0, 0.1) is 5.41 Å². The number of hydrogen-bond acceptors (Lipinski definition) is 5. The number of aliphatic carboxylic acids is 1. The van der Waals surface area contributed by atoms with Crippen molar-refractivity contribution in [3.8, 4) is 17.0 Å². The van der Waals surface area contributed by atoms with Gasteiger partial charge in [-0.25, -0.2) is 0 Å². The van der Waals surface area contributed by atoms with Crippen molar-refractivity contribution in [3.05, 3.63) is 70.0 Å². The van der Waals surface area contributed by atoms with Crippen LogP contribution in [-0.2, 0) is 10.2 Å². The highest BCUT2D eigenvalue weighted by Gasteiger charge is 2.25. The summed E-state index contributed by atoms with van der Waals surface area (Å²) < 4.78 is 6.38. The number of carboxylic acid groups (broad SMARTS) is 1. The Kier molecular flexibility index (Phi) is 8.56. The van der Waals surface area contributed by atoms with Crippen LogP contribution in [0.25, 0.3) is 11.3 Å². The van der Waals surface area contributed by atoms with Crippen LogP contribution in [0.3, 0.4) is 0 Å². The molecule has 3 rings (SSSR count). The maximum atomic E-state index is 12.4. The topological polar surface area (TPSA) is 88.5 Å². The van der Waals surface area contributed by atoms with E-state index in [0.717, 1.165) is 22.6 Å². The molecular formula is C29H36N2O4S. The minimum absolute atomic E-state index is 0.000730. The second kappa shape index (κ2) is 11.2. The molecule has 6 nitrogen and oxygen atoms in total. The smallest absolute Gasteiger partial charge is 0.305 e. The summed E-state index contributed by atoms with van der Waals surface area (Å²) in [5.74, 6) is -0.548. The summed E-state index contributed by atoms with van der Waals surface area (Å²) in [5, 5.41) is 11.4. The molecule has 0 radical (unpaired) electrons. The van der Waals surface area contributed by atoms with Crippen LogP contribution in [0.1, 0.15) is 80.6 Å². The van der Waals surface area contributed by atoms with E-state index in [1.165, 1.54) is 16.9 Å². The first kappa shape index (κ1) is 27.4. The Balaban J connectivity index is 1.74. The number of ether oxygens (including phenoxy) is 1. The van der Waals surface area contributed by atoms with Gasteiger partial charge in [0.25, 0.3) is 5.91 Å². The molecule has 0 aliphatic rings. The highest BCUT2D eigenvalue weighted by atomic mass is 32.1. The van der Waals surface area contributed by atoms with Crippen LogP contribution >= 0.6 is 11.3 Å². The fourth-order valence-corrected chi connectivity index (χ4v) is 4.65. The molecule has 2 heterocycles. The summed E-state index contributed by atoms with van der Waals surface area (Å²) in [6.45, 7) is 13.1. The van der Waals surface area contributed by atoms with Gasteiger partial charge in [-0.1, -0.05) is 65.8 Å². The minimum Gasteiger partial charge on any atom is -0.483 e. The van der Waals surface area contributed by atoms with Gasteiger partial charge in [-0.3, -0.25) is 14.6 Å². The summed E-state index contributed by atoms with van der Waals surface area (Å²) in [6, 6.07) is 16.1. The minimum atomic E-state index is -0.942. The molecule has 3 aromatic rings. The highest BCUT2D eigenvalue weighted by molar-refractivity contribution is 7.14. The summed E-state index contributed by atoms with van der Waals surface area (Å²) in [4.78, 5) is 29.2. The van der Waals surface area contributed by atoms with E-state index < -0.39 is 5.97 Å². The summed E-state index contributed by atoms with van der Waals surface area (Å²) in [5.41, 5.74) is 3.32. The molecule has 2 N–H and O–H groups in total. The zero-order valence-electron chi connectivity index (χ0n) is 21.9. The molecular weight excluding hydrogens is 472 g/mol. The van der Waals surface area contributed by atoms with Crippen LogP contribution in [-0.4, -0.2) is 28.5 Å². The van der Waals surface area contributed by atoms with Crippen molar-refractivity contribution in [2.24, 2.45) is 5.41 Å². The van der Waals surface area contributed by atoms with Gasteiger partial charge in [0.05, 0.1) is 23.2 Å². The predicted octanol–water partition coefficient (Wildman–Crippen LogP) is 6.87. The number of benzene rings is 1. The van der Waals surface area contributed by atoms with Crippen molar-refractivity contribution in [1.82, 2.24) is 10.3 Å². The van der Waals surface area contributed by atoms with Crippen molar-refractivity contribution in [2.45, 2.75) is 65.9 Å². The summed E-state index contributed by atoms with van der Waals surface area (Å²) in [7, 11) is 0. The molecule has 1 amide bonds. The van der Waals surface area contributed by atoms with Gasteiger partial charge in [0, 0.05) is 17.0 Å². The van der Waals surface area contributed by atoms with E-state index in [1.807, 2.05) is 18.2 Å². The van der Waals surface area contributed by atoms with Crippen LogP contribution in [0.5, 0.6) is 5.75 Å². The molecule has 0 aliphatic carbocycles. The fraction of sp³-hybridized carbons (Fsp3) is 0.414. The van der Waals surface area contributed by atoms with Gasteiger partial charge in [-0.05, 0) is 47.1 Å². The van der Waals surface area contributed by atoms with E-state index in [-0.39, 0.29) is 35.8 Å². The Morgan fingerprint density at radius 3 is 2.25 bits per heavy atom. The van der Waals surface area contributed by atoms with Crippen LogP contribution in [0.2, 0.25) is 0 Å². The number of hydrogen-bond donors (Lipinski definition) is 2. The van der Waals surface area contributed by atoms with Gasteiger partial charge in [0.2, 0.25) is 0 Å². The number of pyridine rings is 1. The van der Waals surface area contributed by atoms with Gasteiger partial charge >= 0.3 is 5.97 Å². The number of rotatable bonds is 9. The van der Waals surface area contributed by atoms with E-state index in [4.69, 9.17) is 9.84 Å². The van der Waals surface area contributed by atoms with Crippen LogP contribution in [0.4, 0.5) is 0 Å². The van der Waals surface area contributed by atoms with Gasteiger partial charge in [-0.15, -0.1) is 11.3 Å². The number of nitrogens with one attached hydrogen (secondary N) is 1. The third kappa shape index (κ3) is 7.92. The highest BCUT2D eigenvalue weighted by Crippen LogP contribution is 2.37.